The van der Waals surface area contributed by atoms with Crippen molar-refractivity contribution in [3.8, 4) is 0 Å². The smallest absolute Gasteiger partial charge is 0.152 e. The molecule has 0 radical (unpaired) electrons. The van der Waals surface area contributed by atoms with E-state index < -0.39 is 15.7 Å². The molecule has 1 heterocycles. The molecule has 1 fully saturated rings. The predicted octanol–water partition coefficient (Wildman–Crippen LogP) is 1.01. The van der Waals surface area contributed by atoms with E-state index in [4.69, 9.17) is 5.73 Å². The summed E-state index contributed by atoms with van der Waals surface area (Å²) in [6, 6.07) is 4.28. The van der Waals surface area contributed by atoms with Gasteiger partial charge in [0.2, 0.25) is 0 Å². The molecule has 0 bridgehead atoms. The lowest BCUT2D eigenvalue weighted by atomic mass is 10.2. The summed E-state index contributed by atoms with van der Waals surface area (Å²) in [5.74, 6) is -0.228. The van der Waals surface area contributed by atoms with E-state index in [1.54, 1.807) is 6.07 Å². The average molecular weight is 244 g/mol. The molecule has 0 amide bonds. The molecular weight excluding hydrogens is 231 g/mol. The highest BCUT2D eigenvalue weighted by molar-refractivity contribution is 7.91. The first-order valence-corrected chi connectivity index (χ1v) is 6.81. The minimum absolute atomic E-state index is 0.0341. The second-order valence-corrected chi connectivity index (χ2v) is 6.17. The second-order valence-electron chi connectivity index (χ2n) is 3.95. The Kier molecular flexibility index (Phi) is 2.75. The summed E-state index contributed by atoms with van der Waals surface area (Å²) in [5, 5.41) is 2.96. The first-order valence-electron chi connectivity index (χ1n) is 4.99. The molecule has 1 aliphatic rings. The summed E-state index contributed by atoms with van der Waals surface area (Å²) in [6.45, 7) is 0. The Morgan fingerprint density at radius 1 is 1.44 bits per heavy atom. The predicted molar refractivity (Wildman–Crippen MR) is 61.5 cm³/mol. The number of anilines is 2. The summed E-state index contributed by atoms with van der Waals surface area (Å²) >= 11 is 0. The normalized spacial score (nSPS) is 23.2. The second kappa shape index (κ2) is 3.93. The number of sulfone groups is 1. The molecule has 1 saturated heterocycles. The van der Waals surface area contributed by atoms with E-state index in [0.29, 0.717) is 12.1 Å². The summed E-state index contributed by atoms with van der Waals surface area (Å²) in [5.41, 5.74) is 6.04. The van der Waals surface area contributed by atoms with Gasteiger partial charge in [-0.3, -0.25) is 0 Å². The van der Waals surface area contributed by atoms with E-state index in [-0.39, 0.29) is 23.2 Å². The molecule has 1 aromatic rings. The number of hydrogen-bond acceptors (Lipinski definition) is 4. The number of nitrogen functional groups attached to an aromatic ring is 1. The van der Waals surface area contributed by atoms with E-state index in [1.807, 2.05) is 0 Å². The van der Waals surface area contributed by atoms with Crippen LogP contribution in [-0.4, -0.2) is 26.0 Å². The molecule has 1 aromatic carbocycles. The molecule has 3 N–H and O–H groups in total. The summed E-state index contributed by atoms with van der Waals surface area (Å²) in [6.07, 6.45) is 0.540. The molecule has 2 rings (SSSR count). The summed E-state index contributed by atoms with van der Waals surface area (Å²) < 4.78 is 35.6. The van der Waals surface area contributed by atoms with Gasteiger partial charge in [-0.25, -0.2) is 12.8 Å². The standard InChI is InChI=1S/C10H13FN2O2S/c11-8-2-1-3-9(10(8)12)13-7-4-5-16(14,15)6-7/h1-3,7,13H,4-6,12H2. The van der Waals surface area contributed by atoms with Gasteiger partial charge < -0.3 is 11.1 Å². The lowest BCUT2D eigenvalue weighted by molar-refractivity contribution is 0.602. The fraction of sp³-hybridized carbons (Fsp3) is 0.400. The van der Waals surface area contributed by atoms with Crippen molar-refractivity contribution in [2.45, 2.75) is 12.5 Å². The minimum atomic E-state index is -2.94. The Bertz CT molecular complexity index is 502. The fourth-order valence-corrected chi connectivity index (χ4v) is 3.47. The zero-order valence-corrected chi connectivity index (χ0v) is 9.43. The molecule has 0 saturated carbocycles. The molecule has 4 nitrogen and oxygen atoms in total. The van der Waals surface area contributed by atoms with Crippen LogP contribution in [-0.2, 0) is 9.84 Å². The molecule has 16 heavy (non-hydrogen) atoms. The van der Waals surface area contributed by atoms with Crippen LogP contribution >= 0.6 is 0 Å². The van der Waals surface area contributed by atoms with Gasteiger partial charge in [0.1, 0.15) is 5.82 Å². The minimum Gasteiger partial charge on any atom is -0.395 e. The van der Waals surface area contributed by atoms with Crippen LogP contribution in [0.4, 0.5) is 15.8 Å². The van der Waals surface area contributed by atoms with Gasteiger partial charge in [0, 0.05) is 6.04 Å². The zero-order chi connectivity index (χ0) is 11.8. The quantitative estimate of drug-likeness (QED) is 0.761. The summed E-state index contributed by atoms with van der Waals surface area (Å²) in [7, 11) is -2.94. The topological polar surface area (TPSA) is 72.2 Å². The Balaban J connectivity index is 2.14. The van der Waals surface area contributed by atoms with Crippen LogP contribution in [0.5, 0.6) is 0 Å². The van der Waals surface area contributed by atoms with E-state index in [1.165, 1.54) is 12.1 Å². The number of benzene rings is 1. The first kappa shape index (κ1) is 11.2. The molecule has 6 heteroatoms. The molecule has 0 spiro atoms. The van der Waals surface area contributed by atoms with Gasteiger partial charge in [-0.1, -0.05) is 6.07 Å². The van der Waals surface area contributed by atoms with Crippen LogP contribution in [0.2, 0.25) is 0 Å². The third-order valence-electron chi connectivity index (χ3n) is 2.64. The molecular formula is C10H13FN2O2S. The van der Waals surface area contributed by atoms with Crippen molar-refractivity contribution in [1.29, 1.82) is 0 Å². The number of halogens is 1. The van der Waals surface area contributed by atoms with Crippen LogP contribution in [0.3, 0.4) is 0 Å². The highest BCUT2D eigenvalue weighted by Crippen LogP contribution is 2.24. The molecule has 1 aliphatic heterocycles. The number of rotatable bonds is 2. The highest BCUT2D eigenvalue weighted by Gasteiger charge is 2.28. The fourth-order valence-electron chi connectivity index (χ4n) is 1.79. The Morgan fingerprint density at radius 3 is 2.81 bits per heavy atom. The third-order valence-corrected chi connectivity index (χ3v) is 4.41. The maximum absolute atomic E-state index is 13.1. The lowest BCUT2D eigenvalue weighted by Crippen LogP contribution is -2.21. The van der Waals surface area contributed by atoms with Crippen molar-refractivity contribution in [3.05, 3.63) is 24.0 Å². The van der Waals surface area contributed by atoms with E-state index >= 15 is 0 Å². The molecule has 1 atom stereocenters. The van der Waals surface area contributed by atoms with E-state index in [2.05, 4.69) is 5.32 Å². The van der Waals surface area contributed by atoms with Crippen molar-refractivity contribution >= 4 is 21.2 Å². The molecule has 1 unspecified atom stereocenters. The Morgan fingerprint density at radius 2 is 2.19 bits per heavy atom. The van der Waals surface area contributed by atoms with Gasteiger partial charge >= 0.3 is 0 Å². The van der Waals surface area contributed by atoms with Crippen molar-refractivity contribution in [2.75, 3.05) is 22.6 Å². The zero-order valence-electron chi connectivity index (χ0n) is 8.61. The number of para-hydroxylation sites is 1. The maximum atomic E-state index is 13.1. The van der Waals surface area contributed by atoms with Gasteiger partial charge in [-0.05, 0) is 18.6 Å². The van der Waals surface area contributed by atoms with Crippen LogP contribution in [0.15, 0.2) is 18.2 Å². The maximum Gasteiger partial charge on any atom is 0.152 e. The third kappa shape index (κ3) is 2.27. The van der Waals surface area contributed by atoms with Crippen molar-refractivity contribution in [1.82, 2.24) is 0 Å². The van der Waals surface area contributed by atoms with Crippen LogP contribution < -0.4 is 11.1 Å². The van der Waals surface area contributed by atoms with Crippen LogP contribution in [0, 0.1) is 5.82 Å². The van der Waals surface area contributed by atoms with Crippen LogP contribution in [0.25, 0.3) is 0 Å². The van der Waals surface area contributed by atoms with E-state index in [9.17, 15) is 12.8 Å². The monoisotopic (exact) mass is 244 g/mol. The van der Waals surface area contributed by atoms with Gasteiger partial charge in [0.05, 0.1) is 22.9 Å². The van der Waals surface area contributed by atoms with Crippen molar-refractivity contribution in [3.63, 3.8) is 0 Å². The van der Waals surface area contributed by atoms with E-state index in [0.717, 1.165) is 0 Å². The highest BCUT2D eigenvalue weighted by atomic mass is 32.2. The van der Waals surface area contributed by atoms with Gasteiger partial charge in [0.15, 0.2) is 9.84 Å². The number of nitrogens with one attached hydrogen (secondary N) is 1. The van der Waals surface area contributed by atoms with Gasteiger partial charge in [0.25, 0.3) is 0 Å². The van der Waals surface area contributed by atoms with Crippen molar-refractivity contribution < 1.29 is 12.8 Å². The average Bonchev–Trinajstić information content (AvgIpc) is 2.53. The lowest BCUT2D eigenvalue weighted by Gasteiger charge is -2.14. The Labute approximate surface area is 93.6 Å². The summed E-state index contributed by atoms with van der Waals surface area (Å²) in [4.78, 5) is 0. The molecule has 0 aliphatic carbocycles. The largest absolute Gasteiger partial charge is 0.395 e. The first-order chi connectivity index (χ1) is 7.48. The molecule has 0 aromatic heterocycles. The van der Waals surface area contributed by atoms with Crippen LogP contribution in [0.1, 0.15) is 6.42 Å². The molecule has 88 valence electrons. The van der Waals surface area contributed by atoms with Gasteiger partial charge in [-0.2, -0.15) is 0 Å². The Hall–Kier alpha value is -1.30. The number of nitrogens with two attached hydrogens (primary N) is 1. The van der Waals surface area contributed by atoms with Gasteiger partial charge in [-0.15, -0.1) is 0 Å². The SMILES string of the molecule is Nc1c(F)cccc1NC1CCS(=O)(=O)C1. The van der Waals surface area contributed by atoms with Crippen molar-refractivity contribution in [2.24, 2.45) is 0 Å². The number of hydrogen-bond donors (Lipinski definition) is 2.